The maximum atomic E-state index is 13.3. The summed E-state index contributed by atoms with van der Waals surface area (Å²) in [6.07, 6.45) is -0.892. The van der Waals surface area contributed by atoms with Gasteiger partial charge in [-0.15, -0.1) is 0 Å². The van der Waals surface area contributed by atoms with Crippen LogP contribution < -0.4 is 11.1 Å². The van der Waals surface area contributed by atoms with Crippen LogP contribution in [0.4, 0.5) is 4.79 Å². The maximum Gasteiger partial charge on any atom is 0.404 e. The zero-order valence-corrected chi connectivity index (χ0v) is 15.5. The van der Waals surface area contributed by atoms with Crippen LogP contribution in [0.2, 0.25) is 0 Å². The maximum absolute atomic E-state index is 13.3. The number of primary amides is 1. The Kier molecular flexibility index (Phi) is 4.17. The third-order valence-electron chi connectivity index (χ3n) is 5.83. The number of fused-ring (bicyclic) bond motifs is 4. The fourth-order valence-electron chi connectivity index (χ4n) is 4.64. The second-order valence-corrected chi connectivity index (χ2v) is 7.13. The molecule has 1 aliphatic carbocycles. The molecule has 0 aromatic heterocycles. The Morgan fingerprint density at radius 1 is 1.43 bits per heavy atom. The zero-order valence-electron chi connectivity index (χ0n) is 15.5. The summed E-state index contributed by atoms with van der Waals surface area (Å²) in [5.41, 5.74) is 4.78. The van der Waals surface area contributed by atoms with Crippen LogP contribution in [-0.4, -0.2) is 67.2 Å². The summed E-state index contributed by atoms with van der Waals surface area (Å²) in [5.74, 6) is -1.56. The number of piperazine rings is 1. The number of ketones is 2. The summed E-state index contributed by atoms with van der Waals surface area (Å²) in [6.45, 7) is 1.83. The molecule has 1 amide bonds. The van der Waals surface area contributed by atoms with Gasteiger partial charge < -0.3 is 30.2 Å². The number of rotatable bonds is 6. The smallest absolute Gasteiger partial charge is 0.404 e. The molecule has 2 saturated heterocycles. The molecule has 3 heterocycles. The Morgan fingerprint density at radius 2 is 2.18 bits per heavy atom. The molecule has 0 saturated carbocycles. The summed E-state index contributed by atoms with van der Waals surface area (Å²) in [7, 11) is 1.50. The van der Waals surface area contributed by atoms with Crippen LogP contribution in [0.25, 0.3) is 0 Å². The summed E-state index contributed by atoms with van der Waals surface area (Å²) in [6, 6.07) is 1.96. The molecule has 0 spiro atoms. The van der Waals surface area contributed by atoms with E-state index in [9.17, 15) is 14.4 Å². The van der Waals surface area contributed by atoms with E-state index in [1.807, 2.05) is 6.07 Å². The monoisotopic (exact) mass is 388 g/mol. The number of Topliss-reactive ketones (excluding diaryl/α,β-unsaturated/α-hetero) is 2. The molecule has 4 aliphatic rings. The van der Waals surface area contributed by atoms with Crippen molar-refractivity contribution in [3.05, 3.63) is 22.6 Å². The van der Waals surface area contributed by atoms with Crippen LogP contribution in [-0.2, 0) is 23.8 Å². The van der Waals surface area contributed by atoms with Gasteiger partial charge in [0, 0.05) is 30.8 Å². The average Bonchev–Trinajstić information content (AvgIpc) is 3.27. The van der Waals surface area contributed by atoms with Gasteiger partial charge in [-0.25, -0.2) is 4.79 Å². The van der Waals surface area contributed by atoms with E-state index in [4.69, 9.17) is 25.2 Å². The molecular formula is C18H20N4O6. The van der Waals surface area contributed by atoms with Crippen molar-refractivity contribution in [2.24, 2.45) is 11.7 Å². The van der Waals surface area contributed by atoms with E-state index in [-0.39, 0.29) is 60.1 Å². The fourth-order valence-corrected chi connectivity index (χ4v) is 4.64. The van der Waals surface area contributed by atoms with E-state index >= 15 is 0 Å². The van der Waals surface area contributed by atoms with E-state index in [2.05, 4.69) is 5.32 Å². The molecule has 28 heavy (non-hydrogen) atoms. The molecule has 10 heteroatoms. The van der Waals surface area contributed by atoms with E-state index in [0.717, 1.165) is 0 Å². The highest BCUT2D eigenvalue weighted by atomic mass is 16.6. The lowest BCUT2D eigenvalue weighted by atomic mass is 9.83. The third kappa shape index (κ3) is 2.30. The Hall–Kier alpha value is -2.90. The number of ether oxygens (including phenoxy) is 3. The molecule has 0 radical (unpaired) electrons. The van der Waals surface area contributed by atoms with Crippen molar-refractivity contribution >= 4 is 17.7 Å². The minimum Gasteiger partial charge on any atom is -0.488 e. The Bertz CT molecular complexity index is 887. The van der Waals surface area contributed by atoms with Crippen molar-refractivity contribution < 1.29 is 28.6 Å². The minimum absolute atomic E-state index is 0.00134. The molecule has 3 N–H and O–H groups in total. The topological polar surface area (TPSA) is 154 Å². The fraction of sp³-hybridized carbons (Fsp3) is 0.556. The van der Waals surface area contributed by atoms with Crippen LogP contribution in [0.15, 0.2) is 22.6 Å². The third-order valence-corrected chi connectivity index (χ3v) is 5.83. The van der Waals surface area contributed by atoms with Crippen LogP contribution in [0.3, 0.4) is 0 Å². The summed E-state index contributed by atoms with van der Waals surface area (Å²) >= 11 is 0. The lowest BCUT2D eigenvalue weighted by Gasteiger charge is -2.39. The highest BCUT2D eigenvalue weighted by Gasteiger charge is 2.72. The number of nitrogens with one attached hydrogen (secondary N) is 1. The molecule has 3 aliphatic heterocycles. The largest absolute Gasteiger partial charge is 0.488 e. The molecule has 3 unspecified atom stereocenters. The van der Waals surface area contributed by atoms with Crippen molar-refractivity contribution in [2.75, 3.05) is 26.9 Å². The van der Waals surface area contributed by atoms with Gasteiger partial charge in [0.05, 0.1) is 30.1 Å². The van der Waals surface area contributed by atoms with E-state index < -0.39 is 23.5 Å². The first kappa shape index (κ1) is 18.5. The van der Waals surface area contributed by atoms with Crippen molar-refractivity contribution in [1.29, 1.82) is 5.26 Å². The van der Waals surface area contributed by atoms with Crippen LogP contribution >= 0.6 is 0 Å². The Morgan fingerprint density at radius 3 is 2.82 bits per heavy atom. The summed E-state index contributed by atoms with van der Waals surface area (Å²) in [5, 5.41) is 12.0. The molecule has 4 atom stereocenters. The van der Waals surface area contributed by atoms with E-state index in [1.165, 1.54) is 14.0 Å². The van der Waals surface area contributed by atoms with Gasteiger partial charge in [0.1, 0.15) is 13.2 Å². The summed E-state index contributed by atoms with van der Waals surface area (Å²) < 4.78 is 16.4. The SMILES string of the molecule is CO[C@@]12C(COC(N)=O)C3=C(C(=O)C(C)=C(OCCC#N)C3=O)N1CC1NC12. The van der Waals surface area contributed by atoms with Gasteiger partial charge in [-0.05, 0) is 6.92 Å². The van der Waals surface area contributed by atoms with Gasteiger partial charge in [-0.2, -0.15) is 5.26 Å². The van der Waals surface area contributed by atoms with Gasteiger partial charge in [-0.1, -0.05) is 0 Å². The number of hydrogen-bond donors (Lipinski definition) is 2. The van der Waals surface area contributed by atoms with Crippen LogP contribution in [0.5, 0.6) is 0 Å². The molecule has 0 aromatic carbocycles. The number of carbonyl (C=O) groups excluding carboxylic acids is 3. The molecule has 148 valence electrons. The second-order valence-electron chi connectivity index (χ2n) is 7.13. The van der Waals surface area contributed by atoms with Crippen LogP contribution in [0.1, 0.15) is 13.3 Å². The molecule has 10 nitrogen and oxygen atoms in total. The highest BCUT2D eigenvalue weighted by Crippen LogP contribution is 2.55. The van der Waals surface area contributed by atoms with Crippen molar-refractivity contribution in [1.82, 2.24) is 10.2 Å². The van der Waals surface area contributed by atoms with Crippen molar-refractivity contribution in [3.63, 3.8) is 0 Å². The summed E-state index contributed by atoms with van der Waals surface area (Å²) in [4.78, 5) is 39.4. The van der Waals surface area contributed by atoms with Gasteiger partial charge >= 0.3 is 6.09 Å². The molecule has 0 bridgehead atoms. The first-order valence-electron chi connectivity index (χ1n) is 8.93. The number of methoxy groups -OCH3 is 1. The number of allylic oxidation sites excluding steroid dienone is 2. The predicted octanol–water partition coefficient (Wildman–Crippen LogP) is -0.680. The Balaban J connectivity index is 1.76. The molecular weight excluding hydrogens is 368 g/mol. The lowest BCUT2D eigenvalue weighted by molar-refractivity contribution is -0.137. The van der Waals surface area contributed by atoms with Gasteiger partial charge in [0.2, 0.25) is 11.6 Å². The Labute approximate surface area is 160 Å². The van der Waals surface area contributed by atoms with E-state index in [0.29, 0.717) is 6.54 Å². The number of carbonyl (C=O) groups is 3. The van der Waals surface area contributed by atoms with Gasteiger partial charge in [0.25, 0.3) is 0 Å². The number of nitriles is 1. The second kappa shape index (κ2) is 6.32. The van der Waals surface area contributed by atoms with Gasteiger partial charge in [-0.3, -0.25) is 9.59 Å². The predicted molar refractivity (Wildman–Crippen MR) is 92.1 cm³/mol. The average molecular weight is 388 g/mol. The number of nitrogens with two attached hydrogens (primary N) is 1. The lowest BCUT2D eigenvalue weighted by Crippen LogP contribution is -2.55. The van der Waals surface area contributed by atoms with Crippen LogP contribution in [0, 0.1) is 17.2 Å². The number of nitrogens with zero attached hydrogens (tertiary/aromatic N) is 2. The highest BCUT2D eigenvalue weighted by molar-refractivity contribution is 6.25. The first-order valence-corrected chi connectivity index (χ1v) is 8.93. The quantitative estimate of drug-likeness (QED) is 0.342. The number of amides is 1. The van der Waals surface area contributed by atoms with E-state index in [1.54, 1.807) is 4.90 Å². The van der Waals surface area contributed by atoms with Crippen molar-refractivity contribution in [3.8, 4) is 6.07 Å². The normalized spacial score (nSPS) is 32.8. The molecule has 4 rings (SSSR count). The molecule has 0 aromatic rings. The minimum atomic E-state index is -1.02. The number of hydrogen-bond acceptors (Lipinski definition) is 9. The standard InChI is InChI=1S/C18H20N4O6/c1-8-13(23)12-11(14(24)15(8)27-5-3-4-19)9(7-28-17(20)25)18(26-2)16-10(21-16)6-22(12)18/h9-10,16,21H,3,5-7H2,1-2H3,(H2,20,25)/t9?,10?,16?,18-/m1/s1. The molecule has 2 fully saturated rings. The zero-order chi connectivity index (χ0) is 20.2. The van der Waals surface area contributed by atoms with Gasteiger partial charge in [0.15, 0.2) is 11.5 Å². The first-order chi connectivity index (χ1) is 13.4. The van der Waals surface area contributed by atoms with Crippen molar-refractivity contribution in [2.45, 2.75) is 31.2 Å².